The van der Waals surface area contributed by atoms with E-state index in [1.165, 1.54) is 19.2 Å². The third kappa shape index (κ3) is 2.50. The number of aryl methyl sites for hydroxylation is 1. The second-order valence-corrected chi connectivity index (χ2v) is 5.50. The number of aromatic carboxylic acids is 1. The van der Waals surface area contributed by atoms with Gasteiger partial charge in [0.2, 0.25) is 0 Å². The van der Waals surface area contributed by atoms with Crippen molar-refractivity contribution < 1.29 is 33.7 Å². The second kappa shape index (κ2) is 5.94. The van der Waals surface area contributed by atoms with Crippen LogP contribution in [-0.2, 0) is 0 Å². The number of benzene rings is 2. The quantitative estimate of drug-likeness (QED) is 0.519. The highest BCUT2D eigenvalue weighted by Crippen LogP contribution is 2.46. The molecular formula is C18H14O7. The molecule has 25 heavy (non-hydrogen) atoms. The molecule has 7 nitrogen and oxygen atoms in total. The van der Waals surface area contributed by atoms with Crippen molar-refractivity contribution in [1.82, 2.24) is 0 Å². The fourth-order valence-electron chi connectivity index (χ4n) is 2.70. The van der Waals surface area contributed by atoms with E-state index in [1.54, 1.807) is 19.9 Å². The normalized spacial score (nSPS) is 12.2. The molecule has 0 atom stereocenters. The van der Waals surface area contributed by atoms with Crippen molar-refractivity contribution in [2.24, 2.45) is 0 Å². The van der Waals surface area contributed by atoms with E-state index in [-0.39, 0.29) is 39.7 Å². The Morgan fingerprint density at radius 2 is 1.88 bits per heavy atom. The molecule has 0 fully saturated rings. The fraction of sp³-hybridized carbons (Fsp3) is 0.167. The van der Waals surface area contributed by atoms with Crippen molar-refractivity contribution in [3.63, 3.8) is 0 Å². The van der Waals surface area contributed by atoms with E-state index in [0.29, 0.717) is 17.4 Å². The van der Waals surface area contributed by atoms with Crippen LogP contribution in [0.2, 0.25) is 0 Å². The smallest absolute Gasteiger partial charge is 0.347 e. The Morgan fingerprint density at radius 1 is 1.16 bits per heavy atom. The predicted molar refractivity (Wildman–Crippen MR) is 86.3 cm³/mol. The highest BCUT2D eigenvalue weighted by Gasteiger charge is 2.32. The average molecular weight is 342 g/mol. The lowest BCUT2D eigenvalue weighted by Gasteiger charge is -2.15. The Labute approximate surface area is 142 Å². The molecule has 0 saturated carbocycles. The SMILES string of the molecule is COc1cc(C(=O)O)c2c(c1C)OC(=O)c1c(C)ccc(C=O)c1O2. The summed E-state index contributed by atoms with van der Waals surface area (Å²) in [5, 5.41) is 9.49. The van der Waals surface area contributed by atoms with E-state index in [0.717, 1.165) is 0 Å². The maximum Gasteiger partial charge on any atom is 0.347 e. The first-order valence-corrected chi connectivity index (χ1v) is 7.32. The molecule has 1 N–H and O–H groups in total. The lowest BCUT2D eigenvalue weighted by molar-refractivity contribution is 0.0685. The first-order chi connectivity index (χ1) is 11.9. The van der Waals surface area contributed by atoms with Crippen molar-refractivity contribution in [2.75, 3.05) is 7.11 Å². The van der Waals surface area contributed by atoms with Crippen LogP contribution in [0.1, 0.15) is 42.2 Å². The molecule has 0 amide bonds. The number of carboxylic acids is 1. The summed E-state index contributed by atoms with van der Waals surface area (Å²) in [4.78, 5) is 35.6. The zero-order valence-corrected chi connectivity index (χ0v) is 13.7. The van der Waals surface area contributed by atoms with Crippen LogP contribution in [0.5, 0.6) is 23.0 Å². The van der Waals surface area contributed by atoms with E-state index in [4.69, 9.17) is 14.2 Å². The number of aldehydes is 1. The van der Waals surface area contributed by atoms with Gasteiger partial charge < -0.3 is 19.3 Å². The van der Waals surface area contributed by atoms with E-state index >= 15 is 0 Å². The molecule has 1 aliphatic rings. The number of ether oxygens (including phenoxy) is 3. The van der Waals surface area contributed by atoms with Gasteiger partial charge in [-0.25, -0.2) is 9.59 Å². The number of carbonyl (C=O) groups excluding carboxylic acids is 2. The maximum atomic E-state index is 12.6. The van der Waals surface area contributed by atoms with Crippen LogP contribution in [0.15, 0.2) is 18.2 Å². The van der Waals surface area contributed by atoms with Gasteiger partial charge in [-0.15, -0.1) is 0 Å². The molecule has 3 rings (SSSR count). The monoisotopic (exact) mass is 342 g/mol. The molecule has 0 aliphatic carbocycles. The molecule has 1 aliphatic heterocycles. The highest BCUT2D eigenvalue weighted by atomic mass is 16.6. The molecule has 2 aromatic carbocycles. The number of carboxylic acid groups (broad SMARTS) is 1. The summed E-state index contributed by atoms with van der Waals surface area (Å²) in [6, 6.07) is 4.37. The fourth-order valence-corrected chi connectivity index (χ4v) is 2.70. The Hall–Kier alpha value is -3.35. The van der Waals surface area contributed by atoms with Gasteiger partial charge in [-0.3, -0.25) is 4.79 Å². The number of carbonyl (C=O) groups is 3. The van der Waals surface area contributed by atoms with Gasteiger partial charge in [-0.2, -0.15) is 0 Å². The number of rotatable bonds is 3. The summed E-state index contributed by atoms with van der Waals surface area (Å²) in [6.07, 6.45) is 0.535. The summed E-state index contributed by atoms with van der Waals surface area (Å²) >= 11 is 0. The average Bonchev–Trinajstić information content (AvgIpc) is 2.73. The van der Waals surface area contributed by atoms with Gasteiger partial charge in [0.1, 0.15) is 16.9 Å². The number of hydrogen-bond donors (Lipinski definition) is 1. The molecule has 2 aromatic rings. The van der Waals surface area contributed by atoms with Crippen LogP contribution >= 0.6 is 0 Å². The van der Waals surface area contributed by atoms with Gasteiger partial charge in [-0.1, -0.05) is 6.07 Å². The van der Waals surface area contributed by atoms with Gasteiger partial charge in [0.05, 0.1) is 12.7 Å². The first kappa shape index (κ1) is 16.5. The second-order valence-electron chi connectivity index (χ2n) is 5.50. The molecule has 0 bridgehead atoms. The Balaban J connectivity index is 2.37. The third-order valence-electron chi connectivity index (χ3n) is 4.01. The van der Waals surface area contributed by atoms with Crippen molar-refractivity contribution in [1.29, 1.82) is 0 Å². The van der Waals surface area contributed by atoms with Gasteiger partial charge in [0, 0.05) is 5.56 Å². The van der Waals surface area contributed by atoms with Gasteiger partial charge in [0.25, 0.3) is 0 Å². The van der Waals surface area contributed by atoms with E-state index in [1.807, 2.05) is 0 Å². The Morgan fingerprint density at radius 3 is 2.48 bits per heavy atom. The number of esters is 1. The predicted octanol–water partition coefficient (Wildman–Crippen LogP) is 3.15. The highest BCUT2D eigenvalue weighted by molar-refractivity contribution is 6.02. The van der Waals surface area contributed by atoms with Gasteiger partial charge >= 0.3 is 11.9 Å². The zero-order chi connectivity index (χ0) is 18.3. The lowest BCUT2D eigenvalue weighted by Crippen LogP contribution is -2.11. The van der Waals surface area contributed by atoms with Crippen LogP contribution in [-0.4, -0.2) is 30.4 Å². The summed E-state index contributed by atoms with van der Waals surface area (Å²) < 4.78 is 16.3. The minimum atomic E-state index is -1.28. The van der Waals surface area contributed by atoms with E-state index in [9.17, 15) is 19.5 Å². The van der Waals surface area contributed by atoms with E-state index in [2.05, 4.69) is 0 Å². The first-order valence-electron chi connectivity index (χ1n) is 7.32. The molecular weight excluding hydrogens is 328 g/mol. The number of fused-ring (bicyclic) bond motifs is 2. The van der Waals surface area contributed by atoms with Crippen LogP contribution in [0, 0.1) is 13.8 Å². The van der Waals surface area contributed by atoms with Gasteiger partial charge in [0.15, 0.2) is 23.5 Å². The van der Waals surface area contributed by atoms with Gasteiger partial charge in [-0.05, 0) is 31.5 Å². The third-order valence-corrected chi connectivity index (χ3v) is 4.01. The minimum absolute atomic E-state index is 0.0224. The molecule has 7 heteroatoms. The van der Waals surface area contributed by atoms with Crippen LogP contribution in [0.3, 0.4) is 0 Å². The summed E-state index contributed by atoms with van der Waals surface area (Å²) in [5.41, 5.74) is 0.913. The lowest BCUT2D eigenvalue weighted by atomic mass is 10.0. The Bertz CT molecular complexity index is 928. The molecule has 128 valence electrons. The van der Waals surface area contributed by atoms with Crippen molar-refractivity contribution >= 4 is 18.2 Å². The van der Waals surface area contributed by atoms with E-state index < -0.39 is 11.9 Å². The zero-order valence-electron chi connectivity index (χ0n) is 13.7. The molecule has 0 unspecified atom stereocenters. The molecule has 0 aromatic heterocycles. The van der Waals surface area contributed by atoms with Crippen molar-refractivity contribution in [2.45, 2.75) is 13.8 Å². The molecule has 0 spiro atoms. The molecule has 0 radical (unpaired) electrons. The number of methoxy groups -OCH3 is 1. The summed E-state index contributed by atoms with van der Waals surface area (Å²) in [6.45, 7) is 3.28. The van der Waals surface area contributed by atoms with Crippen molar-refractivity contribution in [3.8, 4) is 23.0 Å². The summed E-state index contributed by atoms with van der Waals surface area (Å²) in [7, 11) is 1.38. The summed E-state index contributed by atoms with van der Waals surface area (Å²) in [5.74, 6) is -1.99. The standard InChI is InChI=1S/C18H14O7/c1-8-4-5-10(7-19)15-13(8)18(22)25-14-9(2)12(23-3)6-11(17(20)21)16(14)24-15/h4-7H,1-3H3,(H,20,21). The maximum absolute atomic E-state index is 12.6. The Kier molecular flexibility index (Phi) is 3.92. The van der Waals surface area contributed by atoms with Crippen LogP contribution < -0.4 is 14.2 Å². The van der Waals surface area contributed by atoms with Crippen molar-refractivity contribution in [3.05, 3.63) is 46.0 Å². The topological polar surface area (TPSA) is 99.1 Å². The minimum Gasteiger partial charge on any atom is -0.496 e. The van der Waals surface area contributed by atoms with Crippen LogP contribution in [0.25, 0.3) is 0 Å². The van der Waals surface area contributed by atoms with Crippen LogP contribution in [0.4, 0.5) is 0 Å². The molecule has 1 heterocycles. The largest absolute Gasteiger partial charge is 0.496 e. The molecule has 0 saturated heterocycles. The number of hydrogen-bond acceptors (Lipinski definition) is 6.